The normalized spacial score (nSPS) is 15.5. The number of nitrogens with zero attached hydrogens (tertiary/aromatic N) is 3. The van der Waals surface area contributed by atoms with Gasteiger partial charge in [0.1, 0.15) is 4.90 Å². The molecule has 0 aliphatic carbocycles. The Morgan fingerprint density at radius 3 is 2.53 bits per heavy atom. The summed E-state index contributed by atoms with van der Waals surface area (Å²) >= 11 is 17.2. The number of piperazine rings is 1. The van der Waals surface area contributed by atoms with Crippen molar-refractivity contribution in [2.24, 2.45) is 0 Å². The summed E-state index contributed by atoms with van der Waals surface area (Å²) < 4.78 is 28.5. The van der Waals surface area contributed by atoms with Gasteiger partial charge >= 0.3 is 0 Å². The zero-order valence-corrected chi connectivity index (χ0v) is 20.5. The predicted octanol–water partition coefficient (Wildman–Crippen LogP) is 5.31. The molecule has 158 valence electrons. The van der Waals surface area contributed by atoms with Crippen LogP contribution in [0.25, 0.3) is 0 Å². The minimum absolute atomic E-state index is 0.0515. The molecule has 10 heteroatoms. The lowest BCUT2D eigenvalue weighted by molar-refractivity contribution is 0.384. The molecule has 2 heterocycles. The minimum atomic E-state index is -3.69. The fraction of sp³-hybridized carbons (Fsp3) is 0.250. The first-order chi connectivity index (χ1) is 14.3. The Morgan fingerprint density at radius 1 is 1.07 bits per heavy atom. The van der Waals surface area contributed by atoms with Crippen LogP contribution in [-0.2, 0) is 16.4 Å². The maximum atomic E-state index is 13.0. The van der Waals surface area contributed by atoms with Gasteiger partial charge in [-0.3, -0.25) is 0 Å². The van der Waals surface area contributed by atoms with Crippen LogP contribution in [0.5, 0.6) is 0 Å². The third kappa shape index (κ3) is 4.69. The predicted molar refractivity (Wildman–Crippen MR) is 126 cm³/mol. The van der Waals surface area contributed by atoms with Gasteiger partial charge in [0, 0.05) is 42.5 Å². The largest absolute Gasteiger partial charge is 0.345 e. The number of anilines is 1. The van der Waals surface area contributed by atoms with Gasteiger partial charge in [0.05, 0.1) is 15.7 Å². The van der Waals surface area contributed by atoms with Gasteiger partial charge in [-0.25, -0.2) is 13.4 Å². The molecule has 2 aromatic carbocycles. The molecule has 5 nitrogen and oxygen atoms in total. The first kappa shape index (κ1) is 22.0. The molecule has 0 spiro atoms. The summed E-state index contributed by atoms with van der Waals surface area (Å²) in [7, 11) is -3.69. The number of thiazole rings is 1. The average Bonchev–Trinajstić information content (AvgIpc) is 3.18. The Hall–Kier alpha value is -1.16. The Bertz CT molecular complexity index is 1160. The summed E-state index contributed by atoms with van der Waals surface area (Å²) in [4.78, 5) is 6.93. The van der Waals surface area contributed by atoms with Crippen molar-refractivity contribution >= 4 is 65.6 Å². The van der Waals surface area contributed by atoms with Crippen LogP contribution in [0, 0.1) is 0 Å². The van der Waals surface area contributed by atoms with Crippen LogP contribution in [0.15, 0.2) is 57.2 Å². The van der Waals surface area contributed by atoms with Gasteiger partial charge in [-0.1, -0.05) is 57.3 Å². The number of hydrogen-bond acceptors (Lipinski definition) is 5. The molecule has 0 saturated carbocycles. The van der Waals surface area contributed by atoms with Crippen molar-refractivity contribution in [3.05, 3.63) is 73.6 Å². The zero-order chi connectivity index (χ0) is 21.3. The first-order valence-corrected chi connectivity index (χ1v) is 13.1. The lowest BCUT2D eigenvalue weighted by Gasteiger charge is -2.34. The summed E-state index contributed by atoms with van der Waals surface area (Å²) in [5.74, 6) is 0. The van der Waals surface area contributed by atoms with Crippen LogP contribution in [0.2, 0.25) is 10.0 Å². The first-order valence-electron chi connectivity index (χ1n) is 9.22. The molecule has 30 heavy (non-hydrogen) atoms. The maximum absolute atomic E-state index is 13.0. The molecule has 0 bridgehead atoms. The molecule has 1 aromatic heterocycles. The molecule has 1 fully saturated rings. The van der Waals surface area contributed by atoms with E-state index < -0.39 is 10.0 Å². The van der Waals surface area contributed by atoms with Crippen molar-refractivity contribution in [2.75, 3.05) is 31.1 Å². The van der Waals surface area contributed by atoms with Crippen LogP contribution in [-0.4, -0.2) is 43.9 Å². The van der Waals surface area contributed by atoms with Crippen LogP contribution in [0.4, 0.5) is 5.13 Å². The van der Waals surface area contributed by atoms with E-state index in [0.717, 1.165) is 21.7 Å². The van der Waals surface area contributed by atoms with Crippen LogP contribution >= 0.6 is 50.5 Å². The number of sulfonamides is 1. The molecule has 1 aliphatic rings. The number of aromatic nitrogens is 1. The van der Waals surface area contributed by atoms with Crippen molar-refractivity contribution in [3.8, 4) is 0 Å². The molecule has 4 rings (SSSR count). The molecular weight excluding hydrogens is 529 g/mol. The molecule has 0 N–H and O–H groups in total. The SMILES string of the molecule is O=S(=O)(c1cccc(Cl)c1Cl)N1CCN(c2nc(Cc3cccc(Br)c3)cs2)CC1. The van der Waals surface area contributed by atoms with E-state index in [1.807, 2.05) is 12.1 Å². The summed E-state index contributed by atoms with van der Waals surface area (Å²) in [6.45, 7) is 1.87. The second-order valence-corrected chi connectivity index (χ2v) is 11.3. The molecule has 0 amide bonds. The maximum Gasteiger partial charge on any atom is 0.244 e. The van der Waals surface area contributed by atoms with Crippen molar-refractivity contribution < 1.29 is 8.42 Å². The highest BCUT2D eigenvalue weighted by Gasteiger charge is 2.31. The van der Waals surface area contributed by atoms with Crippen LogP contribution in [0.3, 0.4) is 0 Å². The highest BCUT2D eigenvalue weighted by molar-refractivity contribution is 9.10. The second-order valence-electron chi connectivity index (χ2n) is 6.87. The fourth-order valence-electron chi connectivity index (χ4n) is 3.32. The van der Waals surface area contributed by atoms with E-state index in [-0.39, 0.29) is 14.9 Å². The minimum Gasteiger partial charge on any atom is -0.345 e. The lowest BCUT2D eigenvalue weighted by atomic mass is 10.1. The van der Waals surface area contributed by atoms with E-state index in [9.17, 15) is 8.42 Å². The van der Waals surface area contributed by atoms with Gasteiger partial charge < -0.3 is 4.90 Å². The molecule has 0 radical (unpaired) electrons. The number of hydrogen-bond donors (Lipinski definition) is 0. The summed E-state index contributed by atoms with van der Waals surface area (Å²) in [6.07, 6.45) is 0.761. The van der Waals surface area contributed by atoms with Gasteiger partial charge in [-0.05, 0) is 29.8 Å². The smallest absolute Gasteiger partial charge is 0.244 e. The third-order valence-corrected chi connectivity index (χ3v) is 9.17. The molecule has 3 aromatic rings. The van der Waals surface area contributed by atoms with Crippen molar-refractivity contribution in [3.63, 3.8) is 0 Å². The van der Waals surface area contributed by atoms with Gasteiger partial charge in [0.15, 0.2) is 5.13 Å². The Balaban J connectivity index is 1.42. The van der Waals surface area contributed by atoms with Gasteiger partial charge in [0.25, 0.3) is 0 Å². The Kier molecular flexibility index (Phi) is 6.72. The summed E-state index contributed by atoms with van der Waals surface area (Å²) in [6, 6.07) is 12.8. The molecule has 1 aliphatic heterocycles. The zero-order valence-electron chi connectivity index (χ0n) is 15.8. The molecule has 0 atom stereocenters. The van der Waals surface area contributed by atoms with Crippen molar-refractivity contribution in [2.45, 2.75) is 11.3 Å². The topological polar surface area (TPSA) is 53.5 Å². The van der Waals surface area contributed by atoms with E-state index in [1.165, 1.54) is 15.9 Å². The van der Waals surface area contributed by atoms with Gasteiger partial charge in [0.2, 0.25) is 10.0 Å². The summed E-state index contributed by atoms with van der Waals surface area (Å²) in [5, 5.41) is 3.28. The average molecular weight is 547 g/mol. The van der Waals surface area contributed by atoms with Crippen LogP contribution in [0.1, 0.15) is 11.3 Å². The lowest BCUT2D eigenvalue weighted by Crippen LogP contribution is -2.48. The fourth-order valence-corrected chi connectivity index (χ4v) is 6.80. The highest BCUT2D eigenvalue weighted by atomic mass is 79.9. The van der Waals surface area contributed by atoms with E-state index in [2.05, 4.69) is 38.3 Å². The highest BCUT2D eigenvalue weighted by Crippen LogP contribution is 2.32. The van der Waals surface area contributed by atoms with Crippen molar-refractivity contribution in [1.82, 2.24) is 9.29 Å². The molecular formula is C20H18BrCl2N3O2S2. The Morgan fingerprint density at radius 2 is 1.80 bits per heavy atom. The van der Waals surface area contributed by atoms with E-state index in [1.54, 1.807) is 23.5 Å². The monoisotopic (exact) mass is 545 g/mol. The quantitative estimate of drug-likeness (QED) is 0.435. The Labute approximate surface area is 198 Å². The number of halogens is 3. The summed E-state index contributed by atoms with van der Waals surface area (Å²) in [5.41, 5.74) is 2.20. The number of rotatable bonds is 5. The van der Waals surface area contributed by atoms with E-state index in [0.29, 0.717) is 26.2 Å². The number of benzene rings is 2. The third-order valence-electron chi connectivity index (χ3n) is 4.86. The van der Waals surface area contributed by atoms with E-state index >= 15 is 0 Å². The molecule has 1 saturated heterocycles. The molecule has 0 unspecified atom stereocenters. The van der Waals surface area contributed by atoms with E-state index in [4.69, 9.17) is 28.2 Å². The standard InChI is InChI=1S/C20H18BrCl2N3O2S2/c21-15-4-1-3-14(11-15)12-16-13-29-20(24-16)25-7-9-26(10-8-25)30(27,28)18-6-2-5-17(22)19(18)23/h1-6,11,13H,7-10,12H2. The van der Waals surface area contributed by atoms with Crippen molar-refractivity contribution in [1.29, 1.82) is 0 Å². The second kappa shape index (κ2) is 9.14. The van der Waals surface area contributed by atoms with Gasteiger partial charge in [-0.2, -0.15) is 4.31 Å². The van der Waals surface area contributed by atoms with Crippen LogP contribution < -0.4 is 4.90 Å². The van der Waals surface area contributed by atoms with Gasteiger partial charge in [-0.15, -0.1) is 11.3 Å².